The first-order valence-corrected chi connectivity index (χ1v) is 15.3. The molecule has 0 atom stereocenters. The topological polar surface area (TPSA) is 96.2 Å². The van der Waals surface area contributed by atoms with E-state index in [4.69, 9.17) is 20.9 Å². The normalized spacial score (nSPS) is 15.6. The highest BCUT2D eigenvalue weighted by atomic mass is 35.5. The fourth-order valence-corrected chi connectivity index (χ4v) is 5.84. The maximum absolute atomic E-state index is 14.0. The molecule has 0 aliphatic carbocycles. The summed E-state index contributed by atoms with van der Waals surface area (Å²) in [5.74, 6) is 0.122. The van der Waals surface area contributed by atoms with Gasteiger partial charge in [0.1, 0.15) is 23.9 Å². The molecule has 2 aromatic carbocycles. The van der Waals surface area contributed by atoms with Gasteiger partial charge in [-0.2, -0.15) is 0 Å². The van der Waals surface area contributed by atoms with E-state index in [0.717, 1.165) is 0 Å². The summed E-state index contributed by atoms with van der Waals surface area (Å²) in [4.78, 5) is 17.9. The second-order valence-electron chi connectivity index (χ2n) is 10.1. The third kappa shape index (κ3) is 7.13. The van der Waals surface area contributed by atoms with E-state index in [9.17, 15) is 17.6 Å². The molecule has 0 N–H and O–H groups in total. The summed E-state index contributed by atoms with van der Waals surface area (Å²) in [6.45, 7) is 7.88. The van der Waals surface area contributed by atoms with Crippen molar-refractivity contribution in [1.29, 1.82) is 0 Å². The quantitative estimate of drug-likeness (QED) is 0.403. The zero-order valence-corrected chi connectivity index (χ0v) is 24.6. The Hall–Kier alpha value is -3.15. The van der Waals surface area contributed by atoms with Crippen molar-refractivity contribution in [2.45, 2.75) is 46.4 Å². The second-order valence-corrected chi connectivity index (χ2v) is 12.5. The summed E-state index contributed by atoms with van der Waals surface area (Å²) in [6, 6.07) is 10.8. The average Bonchev–Trinajstić information content (AvgIpc) is 3.24. The summed E-state index contributed by atoms with van der Waals surface area (Å²) in [5.41, 5.74) is 1.69. The Morgan fingerprint density at radius 2 is 1.85 bits per heavy atom. The third-order valence-corrected chi connectivity index (χ3v) is 8.36. The highest BCUT2D eigenvalue weighted by Crippen LogP contribution is 2.30. The standard InChI is InChI=1S/C28H34ClFN4O5S/c1-19(2)32-12-5-13-34(40(4,36)37)26-16-22(29)7-6-21(26)17-33(15-14-32)28(35)27-25(20(3)39-31-27)18-38-24-10-8-23(30)9-11-24/h6-11,16,19H,5,12-15,17-18H2,1-4H3. The van der Waals surface area contributed by atoms with E-state index in [-0.39, 0.29) is 43.2 Å². The molecule has 216 valence electrons. The minimum Gasteiger partial charge on any atom is -0.489 e. The van der Waals surface area contributed by atoms with Crippen LogP contribution in [0.15, 0.2) is 47.0 Å². The van der Waals surface area contributed by atoms with Crippen LogP contribution in [0.3, 0.4) is 0 Å². The molecule has 0 saturated carbocycles. The van der Waals surface area contributed by atoms with Gasteiger partial charge in [-0.1, -0.05) is 22.8 Å². The number of sulfonamides is 1. The lowest BCUT2D eigenvalue weighted by Crippen LogP contribution is -2.41. The zero-order valence-electron chi connectivity index (χ0n) is 23.1. The van der Waals surface area contributed by atoms with E-state index in [1.54, 1.807) is 30.0 Å². The lowest BCUT2D eigenvalue weighted by Gasteiger charge is -2.30. The number of ether oxygens (including phenoxy) is 1. The number of anilines is 1. The summed E-state index contributed by atoms with van der Waals surface area (Å²) in [6.07, 6.45) is 1.78. The smallest absolute Gasteiger partial charge is 0.276 e. The van der Waals surface area contributed by atoms with Crippen LogP contribution in [0.1, 0.15) is 47.6 Å². The maximum atomic E-state index is 14.0. The highest BCUT2D eigenvalue weighted by molar-refractivity contribution is 7.92. The molecule has 4 rings (SSSR count). The number of carbonyl (C=O) groups excluding carboxylic acids is 1. The number of halogens is 2. The molecule has 40 heavy (non-hydrogen) atoms. The number of benzene rings is 2. The van der Waals surface area contributed by atoms with Crippen LogP contribution in [0.25, 0.3) is 0 Å². The van der Waals surface area contributed by atoms with Gasteiger partial charge in [0.25, 0.3) is 5.91 Å². The number of rotatable bonds is 6. The molecule has 3 aromatic rings. The number of aryl methyl sites for hydroxylation is 1. The Morgan fingerprint density at radius 3 is 2.52 bits per heavy atom. The lowest BCUT2D eigenvalue weighted by atomic mass is 10.1. The van der Waals surface area contributed by atoms with Gasteiger partial charge in [0, 0.05) is 43.8 Å². The minimum absolute atomic E-state index is 0.00203. The molecule has 12 heteroatoms. The molecule has 2 heterocycles. The molecule has 9 nitrogen and oxygen atoms in total. The van der Waals surface area contributed by atoms with Gasteiger partial charge in [-0.15, -0.1) is 0 Å². The van der Waals surface area contributed by atoms with Crippen molar-refractivity contribution in [3.05, 3.63) is 75.9 Å². The van der Waals surface area contributed by atoms with Crippen LogP contribution in [0, 0.1) is 12.7 Å². The van der Waals surface area contributed by atoms with Gasteiger partial charge in [-0.05, 0) is 69.2 Å². The summed E-state index contributed by atoms with van der Waals surface area (Å²) in [7, 11) is -3.62. The molecular formula is C28H34ClFN4O5S. The molecule has 1 aliphatic heterocycles. The molecule has 1 aliphatic rings. The largest absolute Gasteiger partial charge is 0.489 e. The number of hydrogen-bond acceptors (Lipinski definition) is 7. The monoisotopic (exact) mass is 592 g/mol. The van der Waals surface area contributed by atoms with Crippen molar-refractivity contribution in [3.8, 4) is 5.75 Å². The Kier molecular flexibility index (Phi) is 9.37. The molecule has 1 aromatic heterocycles. The van der Waals surface area contributed by atoms with Crippen molar-refractivity contribution in [3.63, 3.8) is 0 Å². The number of fused-ring (bicyclic) bond motifs is 1. The fourth-order valence-electron chi connectivity index (χ4n) is 4.69. The number of carbonyl (C=O) groups is 1. The summed E-state index contributed by atoms with van der Waals surface area (Å²) >= 11 is 6.30. The van der Waals surface area contributed by atoms with Crippen LogP contribution in [-0.4, -0.2) is 67.8 Å². The Balaban J connectivity index is 1.69. The second kappa shape index (κ2) is 12.6. The Bertz CT molecular complexity index is 1450. The molecule has 0 radical (unpaired) electrons. The molecule has 0 unspecified atom stereocenters. The number of nitrogens with zero attached hydrogens (tertiary/aromatic N) is 4. The highest BCUT2D eigenvalue weighted by Gasteiger charge is 2.29. The molecular weight excluding hydrogens is 559 g/mol. The van der Waals surface area contributed by atoms with E-state index < -0.39 is 10.0 Å². The van der Waals surface area contributed by atoms with Crippen molar-refractivity contribution in [2.75, 3.05) is 36.7 Å². The molecule has 0 saturated heterocycles. The average molecular weight is 593 g/mol. The van der Waals surface area contributed by atoms with Crippen LogP contribution in [-0.2, 0) is 23.2 Å². The SMILES string of the molecule is Cc1onc(C(=O)N2CCN(C(C)C)CCCN(S(C)(=O)=O)c3cc(Cl)ccc3C2)c1COc1ccc(F)cc1. The van der Waals surface area contributed by atoms with Gasteiger partial charge in [-0.25, -0.2) is 12.8 Å². The van der Waals surface area contributed by atoms with E-state index in [0.29, 0.717) is 59.4 Å². The first-order chi connectivity index (χ1) is 18.9. The van der Waals surface area contributed by atoms with Gasteiger partial charge < -0.3 is 14.2 Å². The van der Waals surface area contributed by atoms with Gasteiger partial charge in [0.05, 0.1) is 17.5 Å². The molecule has 1 amide bonds. The lowest BCUT2D eigenvalue weighted by molar-refractivity contribution is 0.0699. The van der Waals surface area contributed by atoms with E-state index in [1.165, 1.54) is 34.8 Å². The zero-order chi connectivity index (χ0) is 29.0. The van der Waals surface area contributed by atoms with Crippen molar-refractivity contribution in [1.82, 2.24) is 15.0 Å². The third-order valence-electron chi connectivity index (χ3n) is 6.94. The number of amides is 1. The van der Waals surface area contributed by atoms with Crippen LogP contribution < -0.4 is 9.04 Å². The number of aromatic nitrogens is 1. The van der Waals surface area contributed by atoms with Crippen molar-refractivity contribution >= 4 is 33.2 Å². The van der Waals surface area contributed by atoms with Crippen LogP contribution in [0.5, 0.6) is 5.75 Å². The van der Waals surface area contributed by atoms with Crippen LogP contribution in [0.2, 0.25) is 5.02 Å². The molecule has 0 bridgehead atoms. The van der Waals surface area contributed by atoms with Gasteiger partial charge in [0.2, 0.25) is 10.0 Å². The predicted molar refractivity (Wildman–Crippen MR) is 152 cm³/mol. The van der Waals surface area contributed by atoms with E-state index in [1.807, 2.05) is 0 Å². The first-order valence-electron chi connectivity index (χ1n) is 13.1. The van der Waals surface area contributed by atoms with E-state index in [2.05, 4.69) is 23.9 Å². The Labute approximate surface area is 239 Å². The van der Waals surface area contributed by atoms with Gasteiger partial charge in [-0.3, -0.25) is 14.0 Å². The molecule has 0 fully saturated rings. The van der Waals surface area contributed by atoms with Gasteiger partial charge >= 0.3 is 0 Å². The predicted octanol–water partition coefficient (Wildman–Crippen LogP) is 4.88. The number of hydrogen-bond donors (Lipinski definition) is 0. The summed E-state index contributed by atoms with van der Waals surface area (Å²) < 4.78 is 51.5. The van der Waals surface area contributed by atoms with Gasteiger partial charge in [0.15, 0.2) is 5.69 Å². The van der Waals surface area contributed by atoms with Crippen molar-refractivity contribution in [2.24, 2.45) is 0 Å². The maximum Gasteiger partial charge on any atom is 0.276 e. The molecule has 0 spiro atoms. The van der Waals surface area contributed by atoms with Crippen LogP contribution >= 0.6 is 11.6 Å². The van der Waals surface area contributed by atoms with E-state index >= 15 is 0 Å². The van der Waals surface area contributed by atoms with Crippen molar-refractivity contribution < 1.29 is 26.9 Å². The first kappa shape index (κ1) is 29.8. The minimum atomic E-state index is -3.62. The Morgan fingerprint density at radius 1 is 1.12 bits per heavy atom. The van der Waals surface area contributed by atoms with Crippen LogP contribution in [0.4, 0.5) is 10.1 Å². The summed E-state index contributed by atoms with van der Waals surface area (Å²) in [5, 5.41) is 4.46. The fraction of sp³-hybridized carbons (Fsp3) is 0.429.